The number of methoxy groups -OCH3 is 1. The summed E-state index contributed by atoms with van der Waals surface area (Å²) in [4.78, 5) is 12.3. The van der Waals surface area contributed by atoms with E-state index in [0.29, 0.717) is 24.4 Å². The van der Waals surface area contributed by atoms with Gasteiger partial charge in [0.2, 0.25) is 5.91 Å². The van der Waals surface area contributed by atoms with Crippen molar-refractivity contribution in [3.05, 3.63) is 59.9 Å². The zero-order valence-corrected chi connectivity index (χ0v) is 16.3. The van der Waals surface area contributed by atoms with E-state index in [1.807, 2.05) is 6.07 Å². The molecule has 2 aromatic carbocycles. The van der Waals surface area contributed by atoms with Crippen LogP contribution >= 0.6 is 0 Å². The third kappa shape index (κ3) is 4.86. The highest BCUT2D eigenvalue weighted by atomic mass is 32.2. The fraction of sp³-hybridized carbons (Fsp3) is 0.316. The Hall–Kier alpha value is -2.49. The van der Waals surface area contributed by atoms with Gasteiger partial charge in [-0.25, -0.2) is 4.39 Å². The molecule has 0 unspecified atom stereocenters. The van der Waals surface area contributed by atoms with Gasteiger partial charge in [0, 0.05) is 25.3 Å². The van der Waals surface area contributed by atoms with Crippen LogP contribution in [0.3, 0.4) is 0 Å². The number of carbonyl (C=O) groups is 1. The first-order valence-electron chi connectivity index (χ1n) is 8.82. The van der Waals surface area contributed by atoms with E-state index < -0.39 is 21.9 Å². The minimum absolute atomic E-state index is 0.204. The minimum atomic E-state index is -3.77. The summed E-state index contributed by atoms with van der Waals surface area (Å²) in [5.41, 5.74) is 1.22. The third-order valence-electron chi connectivity index (χ3n) is 4.41. The fourth-order valence-electron chi connectivity index (χ4n) is 3.01. The lowest BCUT2D eigenvalue weighted by Gasteiger charge is -2.34. The van der Waals surface area contributed by atoms with Crippen molar-refractivity contribution in [2.45, 2.75) is 13.0 Å². The Morgan fingerprint density at radius 1 is 1.14 bits per heavy atom. The van der Waals surface area contributed by atoms with E-state index in [2.05, 4.69) is 5.32 Å². The number of nitrogens with one attached hydrogen (secondary N) is 1. The lowest BCUT2D eigenvalue weighted by atomic mass is 10.2. The molecule has 0 radical (unpaired) electrons. The first-order chi connectivity index (χ1) is 13.4. The van der Waals surface area contributed by atoms with Gasteiger partial charge in [-0.15, -0.1) is 0 Å². The molecule has 1 N–H and O–H groups in total. The van der Waals surface area contributed by atoms with Crippen molar-refractivity contribution < 1.29 is 22.3 Å². The molecule has 1 heterocycles. The van der Waals surface area contributed by atoms with Crippen LogP contribution in [-0.2, 0) is 21.5 Å². The van der Waals surface area contributed by atoms with Crippen molar-refractivity contribution in [1.29, 1.82) is 0 Å². The Kier molecular flexibility index (Phi) is 6.28. The molecule has 1 amide bonds. The predicted molar refractivity (Wildman–Crippen MR) is 104 cm³/mol. The molecule has 1 fully saturated rings. The van der Waals surface area contributed by atoms with Gasteiger partial charge >= 0.3 is 0 Å². The second-order valence-electron chi connectivity index (χ2n) is 6.44. The number of benzene rings is 2. The van der Waals surface area contributed by atoms with Crippen LogP contribution in [0, 0.1) is 5.82 Å². The first-order valence-corrected chi connectivity index (χ1v) is 10.2. The number of rotatable bonds is 6. The Bertz CT molecular complexity index is 934. The second kappa shape index (κ2) is 8.68. The summed E-state index contributed by atoms with van der Waals surface area (Å²) in [7, 11) is -2.22. The van der Waals surface area contributed by atoms with E-state index in [-0.39, 0.29) is 19.6 Å². The number of nitrogens with zero attached hydrogens (tertiary/aromatic N) is 2. The maximum absolute atomic E-state index is 13.0. The molecule has 0 saturated carbocycles. The quantitative estimate of drug-likeness (QED) is 0.797. The van der Waals surface area contributed by atoms with Crippen molar-refractivity contribution in [1.82, 2.24) is 8.61 Å². The average Bonchev–Trinajstić information content (AvgIpc) is 2.67. The van der Waals surface area contributed by atoms with Crippen LogP contribution in [0.5, 0.6) is 5.75 Å². The Morgan fingerprint density at radius 2 is 1.86 bits per heavy atom. The molecule has 2 aromatic rings. The van der Waals surface area contributed by atoms with Gasteiger partial charge in [0.1, 0.15) is 11.6 Å². The monoisotopic (exact) mass is 407 g/mol. The highest BCUT2D eigenvalue weighted by Gasteiger charge is 2.34. The molecule has 150 valence electrons. The number of anilines is 1. The van der Waals surface area contributed by atoms with E-state index in [9.17, 15) is 17.6 Å². The van der Waals surface area contributed by atoms with Crippen molar-refractivity contribution in [3.63, 3.8) is 0 Å². The van der Waals surface area contributed by atoms with Crippen LogP contribution in [0.25, 0.3) is 0 Å². The normalized spacial score (nSPS) is 17.2. The summed E-state index contributed by atoms with van der Waals surface area (Å²) in [5, 5.41) is 2.59. The lowest BCUT2D eigenvalue weighted by Crippen LogP contribution is -2.51. The molecule has 1 aliphatic rings. The van der Waals surface area contributed by atoms with Gasteiger partial charge in [0.25, 0.3) is 10.2 Å². The molecule has 28 heavy (non-hydrogen) atoms. The van der Waals surface area contributed by atoms with Gasteiger partial charge in [-0.3, -0.25) is 4.79 Å². The number of hydrogen-bond donors (Lipinski definition) is 1. The molecular weight excluding hydrogens is 385 g/mol. The SMILES string of the molecule is COc1cccc(CN2CCCN(CC(=O)Nc3ccc(F)cc3)S2(=O)=O)c1. The van der Waals surface area contributed by atoms with Crippen LogP contribution < -0.4 is 10.1 Å². The van der Waals surface area contributed by atoms with Gasteiger partial charge in [-0.1, -0.05) is 12.1 Å². The van der Waals surface area contributed by atoms with Crippen LogP contribution in [0.15, 0.2) is 48.5 Å². The van der Waals surface area contributed by atoms with Crippen molar-refractivity contribution in [2.75, 3.05) is 32.1 Å². The van der Waals surface area contributed by atoms with Gasteiger partial charge in [0.15, 0.2) is 0 Å². The van der Waals surface area contributed by atoms with Crippen LogP contribution in [0.2, 0.25) is 0 Å². The number of amides is 1. The summed E-state index contributed by atoms with van der Waals surface area (Å²) < 4.78 is 46.4. The van der Waals surface area contributed by atoms with Crippen LogP contribution in [0.1, 0.15) is 12.0 Å². The van der Waals surface area contributed by atoms with Crippen molar-refractivity contribution in [3.8, 4) is 5.75 Å². The maximum atomic E-state index is 13.0. The Balaban J connectivity index is 1.66. The summed E-state index contributed by atoms with van der Waals surface area (Å²) in [6.07, 6.45) is 0.618. The van der Waals surface area contributed by atoms with Gasteiger partial charge in [0.05, 0.1) is 13.7 Å². The summed E-state index contributed by atoms with van der Waals surface area (Å²) in [5.74, 6) is -0.231. The number of carbonyl (C=O) groups excluding carboxylic acids is 1. The molecular formula is C19H22FN3O4S. The van der Waals surface area contributed by atoms with E-state index in [1.165, 1.54) is 28.6 Å². The van der Waals surface area contributed by atoms with Gasteiger partial charge < -0.3 is 10.1 Å². The topological polar surface area (TPSA) is 79.0 Å². The zero-order valence-electron chi connectivity index (χ0n) is 15.5. The van der Waals surface area contributed by atoms with Gasteiger partial charge in [-0.2, -0.15) is 17.0 Å². The molecule has 3 rings (SSSR count). The number of hydrogen-bond acceptors (Lipinski definition) is 4. The summed E-state index contributed by atoms with van der Waals surface area (Å²) in [6.45, 7) is 0.563. The molecule has 0 bridgehead atoms. The predicted octanol–water partition coefficient (Wildman–Crippen LogP) is 2.23. The van der Waals surface area contributed by atoms with E-state index in [0.717, 1.165) is 9.87 Å². The van der Waals surface area contributed by atoms with Crippen molar-refractivity contribution in [2.24, 2.45) is 0 Å². The zero-order chi connectivity index (χ0) is 20.1. The first kappa shape index (κ1) is 20.2. The largest absolute Gasteiger partial charge is 0.497 e. The standard InChI is InChI=1S/C19H22FN3O4S/c1-27-18-5-2-4-15(12-18)13-22-10-3-11-23(28(22,25)26)14-19(24)21-17-8-6-16(20)7-9-17/h2,4-9,12H,3,10-11,13-14H2,1H3,(H,21,24). The second-order valence-corrected chi connectivity index (χ2v) is 8.36. The van der Waals surface area contributed by atoms with E-state index >= 15 is 0 Å². The smallest absolute Gasteiger partial charge is 0.282 e. The molecule has 0 spiro atoms. The summed E-state index contributed by atoms with van der Waals surface area (Å²) in [6, 6.07) is 12.5. The van der Waals surface area contributed by atoms with Gasteiger partial charge in [-0.05, 0) is 48.4 Å². The Morgan fingerprint density at radius 3 is 2.57 bits per heavy atom. The molecule has 1 saturated heterocycles. The van der Waals surface area contributed by atoms with Crippen LogP contribution in [0.4, 0.5) is 10.1 Å². The van der Waals surface area contributed by atoms with E-state index in [1.54, 1.807) is 25.3 Å². The maximum Gasteiger partial charge on any atom is 0.282 e. The van der Waals surface area contributed by atoms with Crippen molar-refractivity contribution >= 4 is 21.8 Å². The molecule has 7 nitrogen and oxygen atoms in total. The highest BCUT2D eigenvalue weighted by Crippen LogP contribution is 2.21. The van der Waals surface area contributed by atoms with Crippen LogP contribution in [-0.4, -0.2) is 49.7 Å². The number of halogens is 1. The minimum Gasteiger partial charge on any atom is -0.497 e. The van der Waals surface area contributed by atoms with E-state index in [4.69, 9.17) is 4.74 Å². The molecule has 0 atom stereocenters. The Labute approximate surface area is 163 Å². The average molecular weight is 407 g/mol. The number of ether oxygens (including phenoxy) is 1. The third-order valence-corrected chi connectivity index (χ3v) is 6.34. The highest BCUT2D eigenvalue weighted by molar-refractivity contribution is 7.86. The molecule has 9 heteroatoms. The molecule has 1 aliphatic heterocycles. The summed E-state index contributed by atoms with van der Waals surface area (Å²) >= 11 is 0. The lowest BCUT2D eigenvalue weighted by molar-refractivity contribution is -0.116. The fourth-order valence-corrected chi connectivity index (χ4v) is 4.65. The molecule has 0 aliphatic carbocycles. The molecule has 0 aromatic heterocycles.